The number of nitrogens with one attached hydrogen (secondary N) is 1. The van der Waals surface area contributed by atoms with Crippen molar-refractivity contribution in [3.8, 4) is 0 Å². The Hall–Kier alpha value is -2.70. The van der Waals surface area contributed by atoms with Gasteiger partial charge in [0.15, 0.2) is 11.3 Å². The van der Waals surface area contributed by atoms with Crippen LogP contribution in [0.2, 0.25) is 0 Å². The molecule has 3 aromatic rings. The zero-order valence-electron chi connectivity index (χ0n) is 10.2. The van der Waals surface area contributed by atoms with Gasteiger partial charge in [-0.3, -0.25) is 9.48 Å². The van der Waals surface area contributed by atoms with E-state index in [1.807, 2.05) is 24.3 Å². The summed E-state index contributed by atoms with van der Waals surface area (Å²) >= 11 is 0. The number of carbonyl (C=O) groups excluding carboxylic acids is 1. The number of hydrogen-bond donors (Lipinski definition) is 1. The van der Waals surface area contributed by atoms with Gasteiger partial charge in [-0.05, 0) is 12.1 Å². The highest BCUT2D eigenvalue weighted by molar-refractivity contribution is 5.91. The van der Waals surface area contributed by atoms with Gasteiger partial charge in [-0.1, -0.05) is 17.3 Å². The van der Waals surface area contributed by atoms with Crippen LogP contribution in [-0.2, 0) is 13.6 Å². The number of oxazole rings is 1. The molecule has 0 spiro atoms. The molecular weight excluding hydrogens is 246 g/mol. The average molecular weight is 257 g/mol. The second-order valence-electron chi connectivity index (χ2n) is 4.04. The Kier molecular flexibility index (Phi) is 2.71. The minimum Gasteiger partial charge on any atom is -0.439 e. The van der Waals surface area contributed by atoms with Gasteiger partial charge in [0.1, 0.15) is 5.52 Å². The van der Waals surface area contributed by atoms with Gasteiger partial charge in [-0.2, -0.15) is 0 Å². The van der Waals surface area contributed by atoms with E-state index >= 15 is 0 Å². The highest BCUT2D eigenvalue weighted by Gasteiger charge is 2.11. The summed E-state index contributed by atoms with van der Waals surface area (Å²) in [5.74, 6) is 0.147. The fraction of sp³-hybridized carbons (Fsp3) is 0.167. The Morgan fingerprint density at radius 1 is 1.42 bits per heavy atom. The van der Waals surface area contributed by atoms with Crippen molar-refractivity contribution in [3.63, 3.8) is 0 Å². The van der Waals surface area contributed by atoms with Crippen molar-refractivity contribution in [2.45, 2.75) is 6.54 Å². The first-order valence-corrected chi connectivity index (χ1v) is 5.71. The third-order valence-electron chi connectivity index (χ3n) is 2.57. The number of aryl methyl sites for hydroxylation is 1. The van der Waals surface area contributed by atoms with Gasteiger partial charge in [-0.25, -0.2) is 4.98 Å². The molecule has 0 radical (unpaired) electrons. The number of aromatic nitrogens is 4. The lowest BCUT2D eigenvalue weighted by molar-refractivity contribution is 0.0942. The molecule has 7 nitrogen and oxygen atoms in total. The summed E-state index contributed by atoms with van der Waals surface area (Å²) in [6, 6.07) is 7.44. The number of hydrogen-bond acceptors (Lipinski definition) is 5. The molecule has 0 saturated carbocycles. The second-order valence-corrected chi connectivity index (χ2v) is 4.04. The maximum absolute atomic E-state index is 11.8. The van der Waals surface area contributed by atoms with Crippen molar-refractivity contribution in [3.05, 3.63) is 42.0 Å². The van der Waals surface area contributed by atoms with Gasteiger partial charge in [0, 0.05) is 7.05 Å². The van der Waals surface area contributed by atoms with Gasteiger partial charge in [0.05, 0.1) is 12.7 Å². The Morgan fingerprint density at radius 2 is 2.26 bits per heavy atom. The molecule has 0 aliphatic rings. The van der Waals surface area contributed by atoms with E-state index in [1.165, 1.54) is 4.68 Å². The molecule has 0 bridgehead atoms. The molecule has 19 heavy (non-hydrogen) atoms. The largest absolute Gasteiger partial charge is 0.439 e. The topological polar surface area (TPSA) is 85.8 Å². The first-order chi connectivity index (χ1) is 9.22. The molecule has 1 amide bonds. The van der Waals surface area contributed by atoms with E-state index in [0.717, 1.165) is 5.52 Å². The number of carbonyl (C=O) groups is 1. The third kappa shape index (κ3) is 2.30. The lowest BCUT2D eigenvalue weighted by Crippen LogP contribution is -2.23. The fourth-order valence-corrected chi connectivity index (χ4v) is 1.69. The summed E-state index contributed by atoms with van der Waals surface area (Å²) in [5, 5.41) is 10.1. The molecule has 3 rings (SSSR count). The number of para-hydroxylation sites is 2. The number of amides is 1. The van der Waals surface area contributed by atoms with Crippen molar-refractivity contribution < 1.29 is 9.21 Å². The normalized spacial score (nSPS) is 10.8. The molecule has 0 aliphatic carbocycles. The molecule has 7 heteroatoms. The first kappa shape index (κ1) is 11.4. The molecule has 2 heterocycles. The third-order valence-corrected chi connectivity index (χ3v) is 2.57. The van der Waals surface area contributed by atoms with Crippen LogP contribution in [0.4, 0.5) is 0 Å². The summed E-state index contributed by atoms with van der Waals surface area (Å²) in [6.45, 7) is 0.212. The van der Waals surface area contributed by atoms with Crippen molar-refractivity contribution >= 4 is 17.0 Å². The molecule has 96 valence electrons. The molecule has 0 atom stereocenters. The van der Waals surface area contributed by atoms with Gasteiger partial charge in [0.2, 0.25) is 5.89 Å². The van der Waals surface area contributed by atoms with Gasteiger partial charge >= 0.3 is 0 Å². The van der Waals surface area contributed by atoms with Crippen LogP contribution in [0, 0.1) is 0 Å². The SMILES string of the molecule is Cn1cc(C(=O)NCc2nc3ccccc3o2)nn1. The monoisotopic (exact) mass is 257 g/mol. The summed E-state index contributed by atoms with van der Waals surface area (Å²) in [7, 11) is 1.70. The fourth-order valence-electron chi connectivity index (χ4n) is 1.69. The summed E-state index contributed by atoms with van der Waals surface area (Å²) in [5.41, 5.74) is 1.73. The van der Waals surface area contributed by atoms with Gasteiger partial charge < -0.3 is 9.73 Å². The van der Waals surface area contributed by atoms with E-state index in [-0.39, 0.29) is 18.1 Å². The number of fused-ring (bicyclic) bond motifs is 1. The molecule has 1 N–H and O–H groups in total. The molecular formula is C12H11N5O2. The average Bonchev–Trinajstić information content (AvgIpc) is 3.01. The van der Waals surface area contributed by atoms with Crippen LogP contribution in [0.15, 0.2) is 34.9 Å². The zero-order valence-corrected chi connectivity index (χ0v) is 10.2. The van der Waals surface area contributed by atoms with Crippen LogP contribution in [-0.4, -0.2) is 25.9 Å². The van der Waals surface area contributed by atoms with E-state index < -0.39 is 0 Å². The lowest BCUT2D eigenvalue weighted by atomic mass is 10.3. The highest BCUT2D eigenvalue weighted by atomic mass is 16.3. The molecule has 0 fully saturated rings. The lowest BCUT2D eigenvalue weighted by Gasteiger charge is -1.97. The molecule has 0 saturated heterocycles. The minimum atomic E-state index is -0.310. The van der Waals surface area contributed by atoms with Crippen molar-refractivity contribution in [1.82, 2.24) is 25.3 Å². The van der Waals surface area contributed by atoms with E-state index in [1.54, 1.807) is 13.2 Å². The van der Waals surface area contributed by atoms with E-state index in [0.29, 0.717) is 11.5 Å². The number of rotatable bonds is 3. The Bertz CT molecular complexity index is 697. The molecule has 1 aromatic carbocycles. The highest BCUT2D eigenvalue weighted by Crippen LogP contribution is 2.14. The summed E-state index contributed by atoms with van der Waals surface area (Å²) in [6.07, 6.45) is 1.54. The number of nitrogens with zero attached hydrogens (tertiary/aromatic N) is 4. The maximum atomic E-state index is 11.8. The van der Waals surface area contributed by atoms with E-state index in [9.17, 15) is 4.79 Å². The quantitative estimate of drug-likeness (QED) is 0.753. The van der Waals surface area contributed by atoms with Crippen LogP contribution in [0.3, 0.4) is 0 Å². The van der Waals surface area contributed by atoms with Gasteiger partial charge in [0.25, 0.3) is 5.91 Å². The Labute approximate surface area is 108 Å². The Morgan fingerprint density at radius 3 is 3.00 bits per heavy atom. The standard InChI is InChI=1S/C12H11N5O2/c1-17-7-9(15-16-17)12(18)13-6-11-14-8-4-2-3-5-10(8)19-11/h2-5,7H,6H2,1H3,(H,13,18). The smallest absolute Gasteiger partial charge is 0.273 e. The van der Waals surface area contributed by atoms with Crippen LogP contribution in [0.1, 0.15) is 16.4 Å². The van der Waals surface area contributed by atoms with Crippen molar-refractivity contribution in [2.75, 3.05) is 0 Å². The number of benzene rings is 1. The molecule has 2 aromatic heterocycles. The predicted octanol–water partition coefficient (Wildman–Crippen LogP) is 0.886. The van der Waals surface area contributed by atoms with Gasteiger partial charge in [-0.15, -0.1) is 5.10 Å². The summed E-state index contributed by atoms with van der Waals surface area (Å²) < 4.78 is 6.96. The summed E-state index contributed by atoms with van der Waals surface area (Å²) in [4.78, 5) is 16.0. The van der Waals surface area contributed by atoms with Crippen LogP contribution < -0.4 is 5.32 Å². The van der Waals surface area contributed by atoms with Crippen LogP contribution in [0.25, 0.3) is 11.1 Å². The Balaban J connectivity index is 1.70. The van der Waals surface area contributed by atoms with Crippen LogP contribution in [0.5, 0.6) is 0 Å². The van der Waals surface area contributed by atoms with E-state index in [2.05, 4.69) is 20.6 Å². The van der Waals surface area contributed by atoms with Crippen LogP contribution >= 0.6 is 0 Å². The predicted molar refractivity (Wildman–Crippen MR) is 66.2 cm³/mol. The maximum Gasteiger partial charge on any atom is 0.273 e. The first-order valence-electron chi connectivity index (χ1n) is 5.71. The second kappa shape index (κ2) is 4.52. The molecule has 0 unspecified atom stereocenters. The van der Waals surface area contributed by atoms with Crippen molar-refractivity contribution in [2.24, 2.45) is 7.05 Å². The van der Waals surface area contributed by atoms with Crippen molar-refractivity contribution in [1.29, 1.82) is 0 Å². The molecule has 0 aliphatic heterocycles. The van der Waals surface area contributed by atoms with E-state index in [4.69, 9.17) is 4.42 Å². The zero-order chi connectivity index (χ0) is 13.2. The minimum absolute atomic E-state index is 0.212.